The maximum Gasteiger partial charge on any atom is 0.256 e. The minimum absolute atomic E-state index is 0.171. The number of anilines is 1. The topological polar surface area (TPSA) is 70.7 Å². The number of aryl methyl sites for hydroxylation is 1. The number of carbonyl (C=O) groups excluding carboxylic acids is 1. The Morgan fingerprint density at radius 1 is 1.14 bits per heavy atom. The lowest BCUT2D eigenvalue weighted by molar-refractivity contribution is 0.102. The second-order valence-electron chi connectivity index (χ2n) is 4.91. The quantitative estimate of drug-likeness (QED) is 0.775. The number of hydrogen-bond donors (Lipinski definition) is 2. The lowest BCUT2D eigenvalue weighted by Gasteiger charge is -2.02. The molecule has 1 amide bonds. The summed E-state index contributed by atoms with van der Waals surface area (Å²) in [6.07, 6.45) is 4.38. The first-order valence-electron chi connectivity index (χ1n) is 7.12. The molecule has 3 rings (SSSR count). The molecule has 0 saturated carbocycles. The van der Waals surface area contributed by atoms with Gasteiger partial charge in [-0.3, -0.25) is 14.9 Å². The summed E-state index contributed by atoms with van der Waals surface area (Å²) in [6.45, 7) is 2.08. The number of aromatic nitrogens is 3. The summed E-state index contributed by atoms with van der Waals surface area (Å²) in [5.74, 6) is 0.326. The highest BCUT2D eigenvalue weighted by atomic mass is 16.1. The van der Waals surface area contributed by atoms with Gasteiger partial charge in [0.15, 0.2) is 5.82 Å². The van der Waals surface area contributed by atoms with E-state index in [0.717, 1.165) is 17.7 Å². The van der Waals surface area contributed by atoms with Gasteiger partial charge in [-0.05, 0) is 36.2 Å². The molecule has 22 heavy (non-hydrogen) atoms. The van der Waals surface area contributed by atoms with Crippen molar-refractivity contribution in [3.63, 3.8) is 0 Å². The van der Waals surface area contributed by atoms with Crippen molar-refractivity contribution in [1.82, 2.24) is 15.2 Å². The summed E-state index contributed by atoms with van der Waals surface area (Å²) in [7, 11) is 0. The SMILES string of the molecule is CCc1ccc(C(=O)Nc2cc(-c3ccncc3)[nH]n2)cc1. The van der Waals surface area contributed by atoms with Gasteiger partial charge < -0.3 is 5.32 Å². The van der Waals surface area contributed by atoms with Gasteiger partial charge in [0.25, 0.3) is 5.91 Å². The van der Waals surface area contributed by atoms with E-state index in [-0.39, 0.29) is 5.91 Å². The fourth-order valence-corrected chi connectivity index (χ4v) is 2.15. The molecule has 0 aliphatic carbocycles. The standard InChI is InChI=1S/C17H16N4O/c1-2-12-3-5-14(6-4-12)17(22)19-16-11-15(20-21-16)13-7-9-18-10-8-13/h3-11H,2H2,1H3,(H2,19,20,21,22). The Balaban J connectivity index is 1.73. The molecule has 2 aromatic heterocycles. The third kappa shape index (κ3) is 3.03. The van der Waals surface area contributed by atoms with Crippen molar-refractivity contribution >= 4 is 11.7 Å². The van der Waals surface area contributed by atoms with Crippen LogP contribution in [0.15, 0.2) is 54.9 Å². The van der Waals surface area contributed by atoms with Crippen LogP contribution in [0.25, 0.3) is 11.3 Å². The third-order valence-corrected chi connectivity index (χ3v) is 3.44. The number of hydrogen-bond acceptors (Lipinski definition) is 3. The molecule has 2 heterocycles. The highest BCUT2D eigenvalue weighted by Crippen LogP contribution is 2.19. The molecule has 0 unspecified atom stereocenters. The lowest BCUT2D eigenvalue weighted by Crippen LogP contribution is -2.12. The number of carbonyl (C=O) groups is 1. The summed E-state index contributed by atoms with van der Waals surface area (Å²) in [6, 6.07) is 13.1. The molecule has 1 aromatic carbocycles. The van der Waals surface area contributed by atoms with E-state index in [1.807, 2.05) is 36.4 Å². The smallest absolute Gasteiger partial charge is 0.256 e. The minimum Gasteiger partial charge on any atom is -0.305 e. The highest BCUT2D eigenvalue weighted by Gasteiger charge is 2.09. The summed E-state index contributed by atoms with van der Waals surface area (Å²) in [4.78, 5) is 16.2. The Kier molecular flexibility index (Phi) is 3.96. The van der Waals surface area contributed by atoms with E-state index in [4.69, 9.17) is 0 Å². The number of amides is 1. The van der Waals surface area contributed by atoms with Gasteiger partial charge in [-0.15, -0.1) is 0 Å². The van der Waals surface area contributed by atoms with Crippen molar-refractivity contribution in [1.29, 1.82) is 0 Å². The van der Waals surface area contributed by atoms with Crippen LogP contribution in [-0.4, -0.2) is 21.1 Å². The van der Waals surface area contributed by atoms with Gasteiger partial charge in [0.05, 0.1) is 5.69 Å². The zero-order valence-corrected chi connectivity index (χ0v) is 12.2. The van der Waals surface area contributed by atoms with Gasteiger partial charge in [0.2, 0.25) is 0 Å². The van der Waals surface area contributed by atoms with E-state index < -0.39 is 0 Å². The fourth-order valence-electron chi connectivity index (χ4n) is 2.15. The van der Waals surface area contributed by atoms with Gasteiger partial charge in [0.1, 0.15) is 0 Å². The third-order valence-electron chi connectivity index (χ3n) is 3.44. The molecular weight excluding hydrogens is 276 g/mol. The van der Waals surface area contributed by atoms with Crippen LogP contribution in [0.2, 0.25) is 0 Å². The zero-order valence-electron chi connectivity index (χ0n) is 12.2. The molecule has 2 N–H and O–H groups in total. The van der Waals surface area contributed by atoms with Crippen LogP contribution in [0.5, 0.6) is 0 Å². The lowest BCUT2D eigenvalue weighted by atomic mass is 10.1. The first kappa shape index (κ1) is 14.0. The van der Waals surface area contributed by atoms with Gasteiger partial charge in [-0.2, -0.15) is 5.10 Å². The summed E-state index contributed by atoms with van der Waals surface area (Å²) >= 11 is 0. The van der Waals surface area contributed by atoms with Crippen LogP contribution in [-0.2, 0) is 6.42 Å². The normalized spacial score (nSPS) is 10.4. The second-order valence-corrected chi connectivity index (χ2v) is 4.91. The van der Waals surface area contributed by atoms with E-state index in [2.05, 4.69) is 27.4 Å². The maximum absolute atomic E-state index is 12.2. The van der Waals surface area contributed by atoms with Crippen LogP contribution in [0.3, 0.4) is 0 Å². The van der Waals surface area contributed by atoms with Crippen LogP contribution < -0.4 is 5.32 Å². The largest absolute Gasteiger partial charge is 0.305 e. The van der Waals surface area contributed by atoms with E-state index in [1.54, 1.807) is 18.5 Å². The molecule has 0 fully saturated rings. The Labute approximate surface area is 128 Å². The molecule has 0 spiro atoms. The average Bonchev–Trinajstić information content (AvgIpc) is 3.04. The molecule has 0 saturated heterocycles. The Hall–Kier alpha value is -2.95. The maximum atomic E-state index is 12.2. The summed E-state index contributed by atoms with van der Waals surface area (Å²) in [5.41, 5.74) is 3.62. The Bertz CT molecular complexity index is 763. The zero-order chi connectivity index (χ0) is 15.4. The predicted molar refractivity (Wildman–Crippen MR) is 85.6 cm³/mol. The van der Waals surface area contributed by atoms with Crippen molar-refractivity contribution in [3.05, 3.63) is 66.0 Å². The molecular formula is C17H16N4O. The van der Waals surface area contributed by atoms with Crippen LogP contribution in [0.4, 0.5) is 5.82 Å². The molecule has 5 heteroatoms. The van der Waals surface area contributed by atoms with E-state index >= 15 is 0 Å². The number of benzene rings is 1. The van der Waals surface area contributed by atoms with Crippen LogP contribution in [0.1, 0.15) is 22.8 Å². The van der Waals surface area contributed by atoms with Crippen molar-refractivity contribution in [2.24, 2.45) is 0 Å². The summed E-state index contributed by atoms with van der Waals surface area (Å²) in [5, 5.41) is 9.81. The van der Waals surface area contributed by atoms with Gasteiger partial charge >= 0.3 is 0 Å². The number of H-pyrrole nitrogens is 1. The predicted octanol–water partition coefficient (Wildman–Crippen LogP) is 3.29. The molecule has 0 atom stereocenters. The number of nitrogens with zero attached hydrogens (tertiary/aromatic N) is 2. The molecule has 110 valence electrons. The minimum atomic E-state index is -0.171. The number of pyridine rings is 1. The molecule has 0 bridgehead atoms. The first-order chi connectivity index (χ1) is 10.8. The van der Waals surface area contributed by atoms with Crippen molar-refractivity contribution in [2.75, 3.05) is 5.32 Å². The Morgan fingerprint density at radius 2 is 1.86 bits per heavy atom. The van der Waals surface area contributed by atoms with E-state index in [0.29, 0.717) is 11.4 Å². The average molecular weight is 292 g/mol. The number of aromatic amines is 1. The molecule has 3 aromatic rings. The van der Waals surface area contributed by atoms with Crippen molar-refractivity contribution < 1.29 is 4.79 Å². The highest BCUT2D eigenvalue weighted by molar-refractivity contribution is 6.03. The fraction of sp³-hybridized carbons (Fsp3) is 0.118. The van der Waals surface area contributed by atoms with E-state index in [9.17, 15) is 4.79 Å². The number of nitrogens with one attached hydrogen (secondary N) is 2. The number of rotatable bonds is 4. The molecule has 5 nitrogen and oxygen atoms in total. The van der Waals surface area contributed by atoms with Crippen LogP contribution >= 0.6 is 0 Å². The van der Waals surface area contributed by atoms with Gasteiger partial charge in [-0.25, -0.2) is 0 Å². The Morgan fingerprint density at radius 3 is 2.55 bits per heavy atom. The monoisotopic (exact) mass is 292 g/mol. The molecule has 0 radical (unpaired) electrons. The van der Waals surface area contributed by atoms with E-state index in [1.165, 1.54) is 5.56 Å². The molecule has 0 aliphatic heterocycles. The van der Waals surface area contributed by atoms with Crippen LogP contribution in [0, 0.1) is 0 Å². The first-order valence-corrected chi connectivity index (χ1v) is 7.12. The van der Waals surface area contributed by atoms with Gasteiger partial charge in [0, 0.05) is 29.6 Å². The van der Waals surface area contributed by atoms with Crippen molar-refractivity contribution in [3.8, 4) is 11.3 Å². The second kappa shape index (κ2) is 6.22. The summed E-state index contributed by atoms with van der Waals surface area (Å²) < 4.78 is 0. The van der Waals surface area contributed by atoms with Crippen molar-refractivity contribution in [2.45, 2.75) is 13.3 Å². The van der Waals surface area contributed by atoms with Gasteiger partial charge in [-0.1, -0.05) is 19.1 Å². The molecule has 0 aliphatic rings.